The van der Waals surface area contributed by atoms with Crippen LogP contribution >= 0.6 is 11.3 Å². The lowest BCUT2D eigenvalue weighted by atomic mass is 10.2. The third-order valence-corrected chi connectivity index (χ3v) is 5.97. The van der Waals surface area contributed by atoms with Gasteiger partial charge in [0, 0.05) is 19.9 Å². The van der Waals surface area contributed by atoms with Crippen LogP contribution in [0, 0.1) is 6.92 Å². The molecule has 4 aromatic rings. The van der Waals surface area contributed by atoms with E-state index in [9.17, 15) is 4.79 Å². The molecule has 3 heterocycles. The van der Waals surface area contributed by atoms with E-state index in [1.54, 1.807) is 14.2 Å². The first kappa shape index (κ1) is 20.9. The molecule has 0 fully saturated rings. The predicted molar refractivity (Wildman–Crippen MR) is 119 cm³/mol. The summed E-state index contributed by atoms with van der Waals surface area (Å²) in [4.78, 5) is 27.7. The Kier molecular flexibility index (Phi) is 6.20. The number of methoxy groups -OCH3 is 2. The number of amides is 1. The number of aryl methyl sites for hydroxylation is 1. The molecule has 4 rings (SSSR count). The van der Waals surface area contributed by atoms with Crippen molar-refractivity contribution in [2.24, 2.45) is 4.99 Å². The zero-order chi connectivity index (χ0) is 21.8. The fourth-order valence-corrected chi connectivity index (χ4v) is 4.40. The minimum atomic E-state index is -0.316. The highest BCUT2D eigenvalue weighted by atomic mass is 32.1. The molecule has 0 N–H and O–H groups in total. The van der Waals surface area contributed by atoms with Gasteiger partial charge in [0.2, 0.25) is 5.88 Å². The fraction of sp³-hybridized carbons (Fsp3) is 0.217. The van der Waals surface area contributed by atoms with Crippen molar-refractivity contribution >= 4 is 27.5 Å². The van der Waals surface area contributed by atoms with E-state index in [1.807, 2.05) is 66.2 Å². The Hall–Kier alpha value is -3.36. The van der Waals surface area contributed by atoms with Crippen LogP contribution in [0.1, 0.15) is 26.6 Å². The van der Waals surface area contributed by atoms with Crippen LogP contribution in [-0.2, 0) is 17.9 Å². The zero-order valence-corrected chi connectivity index (χ0v) is 18.3. The van der Waals surface area contributed by atoms with Crippen molar-refractivity contribution in [2.45, 2.75) is 20.1 Å². The molecule has 31 heavy (non-hydrogen) atoms. The molecule has 0 radical (unpaired) electrons. The van der Waals surface area contributed by atoms with Crippen molar-refractivity contribution in [1.29, 1.82) is 0 Å². The van der Waals surface area contributed by atoms with Gasteiger partial charge in [-0.15, -0.1) is 11.3 Å². The molecule has 1 amide bonds. The van der Waals surface area contributed by atoms with Gasteiger partial charge < -0.3 is 14.0 Å². The van der Waals surface area contributed by atoms with Crippen molar-refractivity contribution < 1.29 is 14.3 Å². The Morgan fingerprint density at radius 3 is 2.61 bits per heavy atom. The molecule has 0 saturated heterocycles. The second-order valence-corrected chi connectivity index (χ2v) is 7.91. The SMILES string of the molecule is COCc1nc(OC)c2c(C)c(C(=O)N=c3ccccn3Cc3ccccc3)sc2n1. The average Bonchev–Trinajstić information content (AvgIpc) is 3.12. The number of thiophene rings is 1. The number of carbonyl (C=O) groups excluding carboxylic acids is 1. The molecular weight excluding hydrogens is 412 g/mol. The van der Waals surface area contributed by atoms with Gasteiger partial charge in [-0.1, -0.05) is 36.4 Å². The van der Waals surface area contributed by atoms with Crippen molar-refractivity contribution in [3.05, 3.63) is 82.0 Å². The summed E-state index contributed by atoms with van der Waals surface area (Å²) in [5.41, 5.74) is 2.48. The first-order valence-corrected chi connectivity index (χ1v) is 10.5. The van der Waals surface area contributed by atoms with Gasteiger partial charge in [0.25, 0.3) is 5.91 Å². The van der Waals surface area contributed by atoms with Gasteiger partial charge in [-0.05, 0) is 30.2 Å². The van der Waals surface area contributed by atoms with Crippen LogP contribution in [-0.4, -0.2) is 34.7 Å². The van der Waals surface area contributed by atoms with Crippen molar-refractivity contribution in [1.82, 2.24) is 14.5 Å². The molecule has 0 unspecified atom stereocenters. The molecule has 3 aromatic heterocycles. The van der Waals surface area contributed by atoms with Gasteiger partial charge in [-0.25, -0.2) is 4.98 Å². The number of hydrogen-bond acceptors (Lipinski definition) is 6. The summed E-state index contributed by atoms with van der Waals surface area (Å²) < 4.78 is 12.5. The van der Waals surface area contributed by atoms with Crippen molar-refractivity contribution in [3.8, 4) is 5.88 Å². The van der Waals surface area contributed by atoms with Gasteiger partial charge in [-0.3, -0.25) is 4.79 Å². The van der Waals surface area contributed by atoms with Crippen LogP contribution in [0.15, 0.2) is 59.7 Å². The van der Waals surface area contributed by atoms with Gasteiger partial charge in [-0.2, -0.15) is 9.98 Å². The van der Waals surface area contributed by atoms with E-state index in [0.717, 1.165) is 16.5 Å². The summed E-state index contributed by atoms with van der Waals surface area (Å²) >= 11 is 1.29. The number of fused-ring (bicyclic) bond motifs is 1. The molecule has 0 atom stereocenters. The quantitative estimate of drug-likeness (QED) is 0.462. The summed E-state index contributed by atoms with van der Waals surface area (Å²) in [5, 5.41) is 0.733. The van der Waals surface area contributed by atoms with Crippen molar-refractivity contribution in [3.63, 3.8) is 0 Å². The van der Waals surface area contributed by atoms with E-state index in [2.05, 4.69) is 15.0 Å². The van der Waals surface area contributed by atoms with Gasteiger partial charge in [0.15, 0.2) is 5.82 Å². The van der Waals surface area contributed by atoms with Gasteiger partial charge in [0.05, 0.1) is 12.5 Å². The van der Waals surface area contributed by atoms with E-state index in [0.29, 0.717) is 33.4 Å². The summed E-state index contributed by atoms with van der Waals surface area (Å²) in [6, 6.07) is 15.7. The Bertz CT molecular complexity index is 1300. The molecule has 0 bridgehead atoms. The first-order valence-electron chi connectivity index (χ1n) is 9.72. The number of hydrogen-bond donors (Lipinski definition) is 0. The van der Waals surface area contributed by atoms with Gasteiger partial charge >= 0.3 is 0 Å². The highest BCUT2D eigenvalue weighted by molar-refractivity contribution is 7.20. The molecule has 8 heteroatoms. The zero-order valence-electron chi connectivity index (χ0n) is 17.5. The Morgan fingerprint density at radius 1 is 1.10 bits per heavy atom. The predicted octanol–water partition coefficient (Wildman–Crippen LogP) is 3.75. The van der Waals surface area contributed by atoms with E-state index >= 15 is 0 Å². The lowest BCUT2D eigenvalue weighted by molar-refractivity contribution is 0.100. The number of aromatic nitrogens is 3. The highest BCUT2D eigenvalue weighted by Crippen LogP contribution is 2.35. The minimum absolute atomic E-state index is 0.264. The molecule has 0 aliphatic carbocycles. The number of pyridine rings is 1. The molecular formula is C23H22N4O3S. The van der Waals surface area contributed by atoms with Gasteiger partial charge in [0.1, 0.15) is 21.8 Å². The molecule has 1 aromatic carbocycles. The number of benzene rings is 1. The third-order valence-electron chi connectivity index (χ3n) is 4.79. The van der Waals surface area contributed by atoms with Crippen molar-refractivity contribution in [2.75, 3.05) is 14.2 Å². The summed E-state index contributed by atoms with van der Waals surface area (Å²) in [6.45, 7) is 2.76. The number of nitrogens with zero attached hydrogens (tertiary/aromatic N) is 4. The summed E-state index contributed by atoms with van der Waals surface area (Å²) in [5.74, 6) is 0.625. The highest BCUT2D eigenvalue weighted by Gasteiger charge is 2.21. The second-order valence-electron chi connectivity index (χ2n) is 6.91. The Labute approximate surface area is 183 Å². The van der Waals surface area contributed by atoms with Crippen LogP contribution in [0.3, 0.4) is 0 Å². The van der Waals surface area contributed by atoms with Crippen LogP contribution in [0.2, 0.25) is 0 Å². The smallest absolute Gasteiger partial charge is 0.289 e. The average molecular weight is 435 g/mol. The van der Waals surface area contributed by atoms with E-state index in [4.69, 9.17) is 9.47 Å². The maximum absolute atomic E-state index is 13.1. The number of rotatable bonds is 6. The molecule has 7 nitrogen and oxygen atoms in total. The molecule has 0 spiro atoms. The molecule has 0 aliphatic heterocycles. The third kappa shape index (κ3) is 4.40. The van der Waals surface area contributed by atoms with Crippen LogP contribution in [0.25, 0.3) is 10.2 Å². The fourth-order valence-electron chi connectivity index (χ4n) is 3.33. The summed E-state index contributed by atoms with van der Waals surface area (Å²) in [7, 11) is 3.13. The second kappa shape index (κ2) is 9.20. The van der Waals surface area contributed by atoms with Crippen LogP contribution < -0.4 is 10.2 Å². The first-order chi connectivity index (χ1) is 15.1. The summed E-state index contributed by atoms with van der Waals surface area (Å²) in [6.07, 6.45) is 1.92. The topological polar surface area (TPSA) is 78.6 Å². The molecule has 0 aliphatic rings. The monoisotopic (exact) mass is 434 g/mol. The maximum atomic E-state index is 13.1. The lowest BCUT2D eigenvalue weighted by Gasteiger charge is -2.07. The van der Waals surface area contributed by atoms with Crippen LogP contribution in [0.5, 0.6) is 5.88 Å². The number of carbonyl (C=O) groups is 1. The minimum Gasteiger partial charge on any atom is -0.480 e. The Balaban J connectivity index is 1.76. The standard InChI is InChI=1S/C23H22N4O3S/c1-15-19-22(30-3)24-17(14-29-2)25-23(19)31-20(15)21(28)26-18-11-7-8-12-27(18)13-16-9-5-4-6-10-16/h4-12H,13-14H2,1-3H3. The molecule has 0 saturated carbocycles. The lowest BCUT2D eigenvalue weighted by Crippen LogP contribution is -2.22. The van der Waals surface area contributed by atoms with E-state index in [-0.39, 0.29) is 12.5 Å². The Morgan fingerprint density at radius 2 is 1.87 bits per heavy atom. The normalized spacial score (nSPS) is 11.8. The maximum Gasteiger partial charge on any atom is 0.289 e. The largest absolute Gasteiger partial charge is 0.480 e. The van der Waals surface area contributed by atoms with Crippen LogP contribution in [0.4, 0.5) is 0 Å². The molecule has 158 valence electrons. The van der Waals surface area contributed by atoms with E-state index < -0.39 is 0 Å². The van der Waals surface area contributed by atoms with E-state index in [1.165, 1.54) is 11.3 Å². The number of ether oxygens (including phenoxy) is 2.